The Hall–Kier alpha value is -2.21. The number of carbonyl (C=O) groups is 1. The molecule has 0 bridgehead atoms. The number of carbonyl (C=O) groups excluding carboxylic acids is 1. The molecule has 0 aliphatic heterocycles. The molecule has 2 aromatic carbocycles. The van der Waals surface area contributed by atoms with Crippen LogP contribution in [0.3, 0.4) is 0 Å². The SMILES string of the molecule is NC[C@@H](O)C[C@@H](Cc1ccccc1)C(=O)NC1c2ccccc2C[C@H]1O. The van der Waals surface area contributed by atoms with Gasteiger partial charge in [-0.1, -0.05) is 54.6 Å². The maximum Gasteiger partial charge on any atom is 0.224 e. The van der Waals surface area contributed by atoms with Crippen molar-refractivity contribution in [3.05, 3.63) is 71.3 Å². The normalized spacial score (nSPS) is 21.0. The van der Waals surface area contributed by atoms with Crippen molar-refractivity contribution in [3.8, 4) is 0 Å². The van der Waals surface area contributed by atoms with Gasteiger partial charge in [0.1, 0.15) is 0 Å². The van der Waals surface area contributed by atoms with Crippen molar-refractivity contribution in [1.82, 2.24) is 5.32 Å². The first-order valence-corrected chi connectivity index (χ1v) is 9.06. The number of aliphatic hydroxyl groups is 2. The van der Waals surface area contributed by atoms with Gasteiger partial charge in [0, 0.05) is 18.9 Å². The van der Waals surface area contributed by atoms with Crippen LogP contribution in [0.15, 0.2) is 54.6 Å². The number of fused-ring (bicyclic) bond motifs is 1. The van der Waals surface area contributed by atoms with Gasteiger partial charge in [0.05, 0.1) is 18.2 Å². The van der Waals surface area contributed by atoms with Crippen LogP contribution in [-0.4, -0.2) is 34.9 Å². The van der Waals surface area contributed by atoms with Gasteiger partial charge in [0.25, 0.3) is 0 Å². The molecular formula is C21H26N2O3. The molecule has 5 N–H and O–H groups in total. The molecule has 0 saturated heterocycles. The van der Waals surface area contributed by atoms with Crippen LogP contribution in [0.2, 0.25) is 0 Å². The predicted octanol–water partition coefficient (Wildman–Crippen LogP) is 1.33. The number of amides is 1. The molecule has 2 aromatic rings. The molecule has 1 unspecified atom stereocenters. The Balaban J connectivity index is 1.74. The fourth-order valence-electron chi connectivity index (χ4n) is 3.63. The van der Waals surface area contributed by atoms with Gasteiger partial charge in [0.2, 0.25) is 5.91 Å². The first-order chi connectivity index (χ1) is 12.6. The molecule has 1 amide bonds. The Labute approximate surface area is 153 Å². The summed E-state index contributed by atoms with van der Waals surface area (Å²) in [4.78, 5) is 12.9. The number of benzene rings is 2. The van der Waals surface area contributed by atoms with E-state index in [1.165, 1.54) is 0 Å². The Morgan fingerprint density at radius 2 is 1.85 bits per heavy atom. The van der Waals surface area contributed by atoms with Crippen LogP contribution in [0.4, 0.5) is 0 Å². The molecule has 0 saturated carbocycles. The number of nitrogens with one attached hydrogen (secondary N) is 1. The minimum absolute atomic E-state index is 0.119. The average Bonchev–Trinajstić information content (AvgIpc) is 2.97. The first kappa shape index (κ1) is 18.6. The molecule has 0 spiro atoms. The van der Waals surface area contributed by atoms with Crippen molar-refractivity contribution in [2.45, 2.75) is 37.5 Å². The maximum absolute atomic E-state index is 12.9. The van der Waals surface area contributed by atoms with Gasteiger partial charge < -0.3 is 21.3 Å². The van der Waals surface area contributed by atoms with Gasteiger partial charge in [-0.3, -0.25) is 4.79 Å². The quantitative estimate of drug-likeness (QED) is 0.603. The summed E-state index contributed by atoms with van der Waals surface area (Å²) in [6, 6.07) is 17.1. The van der Waals surface area contributed by atoms with E-state index in [0.29, 0.717) is 19.3 Å². The Kier molecular flexibility index (Phi) is 6.04. The second-order valence-electron chi connectivity index (χ2n) is 6.97. The van der Waals surface area contributed by atoms with Crippen LogP contribution >= 0.6 is 0 Å². The summed E-state index contributed by atoms with van der Waals surface area (Å²) >= 11 is 0. The monoisotopic (exact) mass is 354 g/mol. The predicted molar refractivity (Wildman–Crippen MR) is 100 cm³/mol. The summed E-state index contributed by atoms with van der Waals surface area (Å²) in [5, 5.41) is 23.3. The van der Waals surface area contributed by atoms with Gasteiger partial charge in [0.15, 0.2) is 0 Å². The zero-order valence-corrected chi connectivity index (χ0v) is 14.7. The Morgan fingerprint density at radius 1 is 1.15 bits per heavy atom. The standard InChI is InChI=1S/C21H26N2O3/c22-13-17(24)11-16(10-14-6-2-1-3-7-14)21(26)23-20-18-9-5-4-8-15(18)12-19(20)25/h1-9,16-17,19-20,24-25H,10-13,22H2,(H,23,26)/t16-,17+,19-,20?/m1/s1. The molecule has 3 rings (SSSR count). The summed E-state index contributed by atoms with van der Waals surface area (Å²) in [5.41, 5.74) is 8.60. The highest BCUT2D eigenvalue weighted by molar-refractivity contribution is 5.79. The minimum atomic E-state index is -0.727. The van der Waals surface area contributed by atoms with E-state index < -0.39 is 24.2 Å². The highest BCUT2D eigenvalue weighted by Crippen LogP contribution is 2.31. The van der Waals surface area contributed by atoms with E-state index in [4.69, 9.17) is 5.73 Å². The number of nitrogens with two attached hydrogens (primary N) is 1. The van der Waals surface area contributed by atoms with E-state index in [1.54, 1.807) is 0 Å². The molecular weight excluding hydrogens is 328 g/mol. The van der Waals surface area contributed by atoms with E-state index in [-0.39, 0.29) is 12.5 Å². The largest absolute Gasteiger partial charge is 0.392 e. The summed E-state index contributed by atoms with van der Waals surface area (Å²) in [6.45, 7) is 0.119. The van der Waals surface area contributed by atoms with Crippen LogP contribution in [-0.2, 0) is 17.6 Å². The Bertz CT molecular complexity index is 735. The van der Waals surface area contributed by atoms with Crippen LogP contribution < -0.4 is 11.1 Å². The molecule has 138 valence electrons. The lowest BCUT2D eigenvalue weighted by molar-refractivity contribution is -0.127. The van der Waals surface area contributed by atoms with Crippen molar-refractivity contribution in [2.75, 3.05) is 6.54 Å². The molecule has 0 radical (unpaired) electrons. The zero-order chi connectivity index (χ0) is 18.5. The fraction of sp³-hybridized carbons (Fsp3) is 0.381. The molecule has 5 heteroatoms. The summed E-state index contributed by atoms with van der Waals surface area (Å²) in [5.74, 6) is -0.571. The van der Waals surface area contributed by atoms with Crippen LogP contribution in [0.25, 0.3) is 0 Å². The third kappa shape index (κ3) is 4.30. The number of aliphatic hydroxyl groups excluding tert-OH is 2. The molecule has 4 atom stereocenters. The van der Waals surface area contributed by atoms with Gasteiger partial charge in [-0.2, -0.15) is 0 Å². The first-order valence-electron chi connectivity index (χ1n) is 9.06. The molecule has 0 heterocycles. The maximum atomic E-state index is 12.9. The molecule has 26 heavy (non-hydrogen) atoms. The number of hydrogen-bond acceptors (Lipinski definition) is 4. The molecule has 0 aromatic heterocycles. The Morgan fingerprint density at radius 3 is 2.58 bits per heavy atom. The van der Waals surface area contributed by atoms with E-state index >= 15 is 0 Å². The van der Waals surface area contributed by atoms with E-state index in [0.717, 1.165) is 16.7 Å². The molecule has 5 nitrogen and oxygen atoms in total. The van der Waals surface area contributed by atoms with E-state index in [2.05, 4.69) is 5.32 Å². The van der Waals surface area contributed by atoms with E-state index in [9.17, 15) is 15.0 Å². The van der Waals surface area contributed by atoms with Crippen molar-refractivity contribution >= 4 is 5.91 Å². The summed E-state index contributed by atoms with van der Waals surface area (Å²) in [7, 11) is 0. The second kappa shape index (κ2) is 8.45. The van der Waals surface area contributed by atoms with Crippen molar-refractivity contribution < 1.29 is 15.0 Å². The lowest BCUT2D eigenvalue weighted by Crippen LogP contribution is -2.40. The molecule has 1 aliphatic carbocycles. The van der Waals surface area contributed by atoms with E-state index in [1.807, 2.05) is 54.6 Å². The highest BCUT2D eigenvalue weighted by atomic mass is 16.3. The molecule has 0 fully saturated rings. The highest BCUT2D eigenvalue weighted by Gasteiger charge is 2.33. The zero-order valence-electron chi connectivity index (χ0n) is 14.7. The average molecular weight is 354 g/mol. The van der Waals surface area contributed by atoms with Crippen LogP contribution in [0, 0.1) is 5.92 Å². The van der Waals surface area contributed by atoms with Crippen LogP contribution in [0.5, 0.6) is 0 Å². The fourth-order valence-corrected chi connectivity index (χ4v) is 3.63. The van der Waals surface area contributed by atoms with Crippen molar-refractivity contribution in [2.24, 2.45) is 11.7 Å². The second-order valence-corrected chi connectivity index (χ2v) is 6.97. The van der Waals surface area contributed by atoms with Crippen molar-refractivity contribution in [3.63, 3.8) is 0 Å². The smallest absolute Gasteiger partial charge is 0.224 e. The summed E-state index contributed by atoms with van der Waals surface area (Å²) in [6.07, 6.45) is -0.00500. The third-order valence-corrected chi connectivity index (χ3v) is 5.03. The van der Waals surface area contributed by atoms with Crippen molar-refractivity contribution in [1.29, 1.82) is 0 Å². The molecule has 1 aliphatic rings. The van der Waals surface area contributed by atoms with Crippen LogP contribution in [0.1, 0.15) is 29.2 Å². The lowest BCUT2D eigenvalue weighted by Gasteiger charge is -2.24. The topological polar surface area (TPSA) is 95.6 Å². The van der Waals surface area contributed by atoms with Gasteiger partial charge in [-0.05, 0) is 29.5 Å². The third-order valence-electron chi connectivity index (χ3n) is 5.03. The number of rotatable bonds is 7. The van der Waals surface area contributed by atoms with Gasteiger partial charge in [-0.25, -0.2) is 0 Å². The minimum Gasteiger partial charge on any atom is -0.392 e. The van der Waals surface area contributed by atoms with Gasteiger partial charge in [-0.15, -0.1) is 0 Å². The number of hydrogen-bond donors (Lipinski definition) is 4. The summed E-state index contributed by atoms with van der Waals surface area (Å²) < 4.78 is 0. The lowest BCUT2D eigenvalue weighted by atomic mass is 9.92. The van der Waals surface area contributed by atoms with Gasteiger partial charge >= 0.3 is 0 Å².